The predicted octanol–water partition coefficient (Wildman–Crippen LogP) is 1.54. The standard InChI is InChI=1S/C14H22N2O2/c1-10-6-4-7-11(2)13(10)18-9-5-8-16-14(17)12(3)15/h4,6-7,12H,5,8-9,15H2,1-3H3,(H,16,17). The van der Waals surface area contributed by atoms with Crippen LogP contribution in [0.3, 0.4) is 0 Å². The topological polar surface area (TPSA) is 64.3 Å². The number of rotatable bonds is 6. The molecule has 1 atom stereocenters. The van der Waals surface area contributed by atoms with Crippen molar-refractivity contribution in [3.8, 4) is 5.75 Å². The lowest BCUT2D eigenvalue weighted by Crippen LogP contribution is -2.38. The van der Waals surface area contributed by atoms with Crippen molar-refractivity contribution in [1.82, 2.24) is 5.32 Å². The molecule has 0 heterocycles. The highest BCUT2D eigenvalue weighted by molar-refractivity contribution is 5.80. The first-order chi connectivity index (χ1) is 8.52. The fourth-order valence-electron chi connectivity index (χ4n) is 1.65. The van der Waals surface area contributed by atoms with Crippen LogP contribution >= 0.6 is 0 Å². The lowest BCUT2D eigenvalue weighted by atomic mass is 10.1. The summed E-state index contributed by atoms with van der Waals surface area (Å²) in [7, 11) is 0. The molecular formula is C14H22N2O2. The Kier molecular flexibility index (Phi) is 5.65. The summed E-state index contributed by atoms with van der Waals surface area (Å²) in [4.78, 5) is 11.2. The number of nitrogens with two attached hydrogens (primary N) is 1. The molecule has 0 spiro atoms. The molecule has 1 rings (SSSR count). The fourth-order valence-corrected chi connectivity index (χ4v) is 1.65. The van der Waals surface area contributed by atoms with Gasteiger partial charge in [0.1, 0.15) is 5.75 Å². The second-order valence-corrected chi connectivity index (χ2v) is 4.50. The molecule has 1 aromatic carbocycles. The minimum atomic E-state index is -0.454. The zero-order chi connectivity index (χ0) is 13.5. The summed E-state index contributed by atoms with van der Waals surface area (Å²) in [5.74, 6) is 0.818. The van der Waals surface area contributed by atoms with E-state index in [0.29, 0.717) is 13.2 Å². The Bertz CT molecular complexity index is 383. The van der Waals surface area contributed by atoms with Crippen molar-refractivity contribution >= 4 is 5.91 Å². The number of benzene rings is 1. The third kappa shape index (κ3) is 4.37. The zero-order valence-corrected chi connectivity index (χ0v) is 11.3. The van der Waals surface area contributed by atoms with Gasteiger partial charge in [-0.05, 0) is 38.3 Å². The molecular weight excluding hydrogens is 228 g/mol. The van der Waals surface area contributed by atoms with E-state index in [1.165, 1.54) is 0 Å². The van der Waals surface area contributed by atoms with Gasteiger partial charge in [-0.25, -0.2) is 0 Å². The maximum Gasteiger partial charge on any atom is 0.236 e. The zero-order valence-electron chi connectivity index (χ0n) is 11.3. The summed E-state index contributed by atoms with van der Waals surface area (Å²) in [6.07, 6.45) is 0.770. The summed E-state index contributed by atoms with van der Waals surface area (Å²) in [5.41, 5.74) is 7.71. The molecule has 18 heavy (non-hydrogen) atoms. The minimum Gasteiger partial charge on any atom is -0.493 e. The number of carbonyl (C=O) groups excluding carboxylic acids is 1. The quantitative estimate of drug-likeness (QED) is 0.753. The van der Waals surface area contributed by atoms with Gasteiger partial charge in [0.15, 0.2) is 0 Å². The van der Waals surface area contributed by atoms with E-state index in [-0.39, 0.29) is 5.91 Å². The third-order valence-corrected chi connectivity index (χ3v) is 2.69. The van der Waals surface area contributed by atoms with Crippen molar-refractivity contribution in [2.24, 2.45) is 5.73 Å². The summed E-state index contributed by atoms with van der Waals surface area (Å²) in [5, 5.41) is 2.75. The fraction of sp³-hybridized carbons (Fsp3) is 0.500. The van der Waals surface area contributed by atoms with Crippen molar-refractivity contribution in [1.29, 1.82) is 0 Å². The van der Waals surface area contributed by atoms with Crippen LogP contribution in [0.1, 0.15) is 24.5 Å². The number of para-hydroxylation sites is 1. The highest BCUT2D eigenvalue weighted by Gasteiger charge is 2.06. The van der Waals surface area contributed by atoms with Gasteiger partial charge in [-0.15, -0.1) is 0 Å². The van der Waals surface area contributed by atoms with E-state index in [4.69, 9.17) is 10.5 Å². The molecule has 0 saturated carbocycles. The normalized spacial score (nSPS) is 12.0. The van der Waals surface area contributed by atoms with Gasteiger partial charge in [0, 0.05) is 6.54 Å². The molecule has 0 fully saturated rings. The highest BCUT2D eigenvalue weighted by Crippen LogP contribution is 2.22. The molecule has 3 N–H and O–H groups in total. The van der Waals surface area contributed by atoms with E-state index < -0.39 is 6.04 Å². The van der Waals surface area contributed by atoms with Crippen molar-refractivity contribution in [2.75, 3.05) is 13.2 Å². The molecule has 0 saturated heterocycles. The molecule has 0 aromatic heterocycles. The Balaban J connectivity index is 2.28. The molecule has 1 aromatic rings. The van der Waals surface area contributed by atoms with Crippen molar-refractivity contribution in [3.05, 3.63) is 29.3 Å². The van der Waals surface area contributed by atoms with Crippen LogP contribution < -0.4 is 15.8 Å². The monoisotopic (exact) mass is 250 g/mol. The van der Waals surface area contributed by atoms with E-state index in [1.807, 2.05) is 32.0 Å². The second-order valence-electron chi connectivity index (χ2n) is 4.50. The Labute approximate surface area is 109 Å². The maximum absolute atomic E-state index is 11.2. The average molecular weight is 250 g/mol. The van der Waals surface area contributed by atoms with E-state index in [2.05, 4.69) is 5.32 Å². The molecule has 1 unspecified atom stereocenters. The third-order valence-electron chi connectivity index (χ3n) is 2.69. The molecule has 0 aliphatic heterocycles. The van der Waals surface area contributed by atoms with Crippen LogP contribution in [0.2, 0.25) is 0 Å². The van der Waals surface area contributed by atoms with E-state index in [9.17, 15) is 4.79 Å². The van der Waals surface area contributed by atoms with Gasteiger partial charge in [0.2, 0.25) is 5.91 Å². The van der Waals surface area contributed by atoms with Crippen molar-refractivity contribution < 1.29 is 9.53 Å². The molecule has 0 radical (unpaired) electrons. The Hall–Kier alpha value is -1.55. The Morgan fingerprint density at radius 1 is 1.39 bits per heavy atom. The van der Waals surface area contributed by atoms with Crippen LogP contribution in [-0.4, -0.2) is 25.1 Å². The van der Waals surface area contributed by atoms with E-state index in [0.717, 1.165) is 23.3 Å². The highest BCUT2D eigenvalue weighted by atomic mass is 16.5. The first-order valence-corrected chi connectivity index (χ1v) is 6.24. The lowest BCUT2D eigenvalue weighted by Gasteiger charge is -2.12. The molecule has 0 aliphatic rings. The second kappa shape index (κ2) is 7.01. The predicted molar refractivity (Wildman–Crippen MR) is 72.7 cm³/mol. The summed E-state index contributed by atoms with van der Waals surface area (Å²) >= 11 is 0. The Morgan fingerprint density at radius 2 is 2.00 bits per heavy atom. The minimum absolute atomic E-state index is 0.123. The van der Waals surface area contributed by atoms with Gasteiger partial charge in [0.25, 0.3) is 0 Å². The number of nitrogens with one attached hydrogen (secondary N) is 1. The molecule has 1 amide bonds. The van der Waals surface area contributed by atoms with Gasteiger partial charge in [-0.2, -0.15) is 0 Å². The van der Waals surface area contributed by atoms with Crippen LogP contribution in [0, 0.1) is 13.8 Å². The molecule has 4 heteroatoms. The van der Waals surface area contributed by atoms with Crippen LogP contribution in [0.15, 0.2) is 18.2 Å². The Morgan fingerprint density at radius 3 is 2.56 bits per heavy atom. The summed E-state index contributed by atoms with van der Waals surface area (Å²) in [6, 6.07) is 5.62. The molecule has 0 bridgehead atoms. The van der Waals surface area contributed by atoms with E-state index >= 15 is 0 Å². The number of ether oxygens (including phenoxy) is 1. The van der Waals surface area contributed by atoms with Gasteiger partial charge in [-0.3, -0.25) is 4.79 Å². The van der Waals surface area contributed by atoms with Crippen LogP contribution in [0.4, 0.5) is 0 Å². The first-order valence-electron chi connectivity index (χ1n) is 6.24. The smallest absolute Gasteiger partial charge is 0.236 e. The average Bonchev–Trinajstić information content (AvgIpc) is 2.31. The van der Waals surface area contributed by atoms with Crippen LogP contribution in [0.25, 0.3) is 0 Å². The SMILES string of the molecule is Cc1cccc(C)c1OCCCNC(=O)C(C)N. The summed E-state index contributed by atoms with van der Waals surface area (Å²) < 4.78 is 5.73. The number of carbonyl (C=O) groups is 1. The number of aryl methyl sites for hydroxylation is 2. The van der Waals surface area contributed by atoms with Gasteiger partial charge in [0.05, 0.1) is 12.6 Å². The number of hydrogen-bond donors (Lipinski definition) is 2. The van der Waals surface area contributed by atoms with E-state index in [1.54, 1.807) is 6.92 Å². The first kappa shape index (κ1) is 14.5. The van der Waals surface area contributed by atoms with Crippen LogP contribution in [-0.2, 0) is 4.79 Å². The van der Waals surface area contributed by atoms with Crippen molar-refractivity contribution in [2.45, 2.75) is 33.2 Å². The lowest BCUT2D eigenvalue weighted by molar-refractivity contribution is -0.121. The number of amides is 1. The summed E-state index contributed by atoms with van der Waals surface area (Å²) in [6.45, 7) is 6.90. The molecule has 100 valence electrons. The largest absolute Gasteiger partial charge is 0.493 e. The molecule has 0 aliphatic carbocycles. The van der Waals surface area contributed by atoms with Gasteiger partial charge in [-0.1, -0.05) is 18.2 Å². The maximum atomic E-state index is 11.2. The molecule has 4 nitrogen and oxygen atoms in total. The van der Waals surface area contributed by atoms with Gasteiger partial charge < -0.3 is 15.8 Å². The number of hydrogen-bond acceptors (Lipinski definition) is 3. The van der Waals surface area contributed by atoms with Gasteiger partial charge >= 0.3 is 0 Å². The van der Waals surface area contributed by atoms with Crippen molar-refractivity contribution in [3.63, 3.8) is 0 Å². The van der Waals surface area contributed by atoms with Crippen LogP contribution in [0.5, 0.6) is 5.75 Å².